The van der Waals surface area contributed by atoms with E-state index in [4.69, 9.17) is 16.3 Å². The van der Waals surface area contributed by atoms with Gasteiger partial charge in [-0.2, -0.15) is 29.1 Å². The van der Waals surface area contributed by atoms with Crippen LogP contribution in [0.25, 0.3) is 10.9 Å². The van der Waals surface area contributed by atoms with Gasteiger partial charge in [-0.05, 0) is 52.8 Å². The Hall–Kier alpha value is -3.30. The fraction of sp³-hybridized carbons (Fsp3) is 0.483. The van der Waals surface area contributed by atoms with Gasteiger partial charge in [0.1, 0.15) is 11.4 Å². The first-order chi connectivity index (χ1) is 21.1. The second-order valence-electron chi connectivity index (χ2n) is 12.5. The lowest BCUT2D eigenvalue weighted by molar-refractivity contribution is -0.137. The van der Waals surface area contributed by atoms with Gasteiger partial charge in [0, 0.05) is 44.9 Å². The fourth-order valence-electron chi connectivity index (χ4n) is 6.14. The van der Waals surface area contributed by atoms with Crippen molar-refractivity contribution in [2.75, 3.05) is 23.7 Å². The number of carbonyl (C=O) groups excluding carboxylic acids is 1. The second kappa shape index (κ2) is 11.5. The highest BCUT2D eigenvalue weighted by atomic mass is 35.5. The molecule has 4 atom stereocenters. The van der Waals surface area contributed by atoms with Gasteiger partial charge in [0.05, 0.1) is 47.0 Å². The Kier molecular flexibility index (Phi) is 8.09. The van der Waals surface area contributed by atoms with E-state index >= 15 is 0 Å². The van der Waals surface area contributed by atoms with Gasteiger partial charge in [0.15, 0.2) is 0 Å². The number of amides is 1. The molecule has 0 N–H and O–H groups in total. The number of hydrogen-bond acceptors (Lipinski definition) is 8. The highest BCUT2D eigenvalue weighted by Gasteiger charge is 2.39. The van der Waals surface area contributed by atoms with Crippen LogP contribution in [0.15, 0.2) is 49.9 Å². The molecule has 1 unspecified atom stereocenters. The van der Waals surface area contributed by atoms with Crippen molar-refractivity contribution in [2.45, 2.75) is 80.2 Å². The van der Waals surface area contributed by atoms with E-state index in [1.54, 1.807) is 48.0 Å². The van der Waals surface area contributed by atoms with Crippen LogP contribution < -0.4 is 10.6 Å². The van der Waals surface area contributed by atoms with Crippen molar-refractivity contribution >= 4 is 56.6 Å². The Balaban J connectivity index is 1.54. The fourth-order valence-corrected chi connectivity index (χ4v) is 10.6. The van der Waals surface area contributed by atoms with E-state index in [9.17, 15) is 22.8 Å². The number of halogens is 4. The van der Waals surface area contributed by atoms with Gasteiger partial charge >= 0.3 is 18.0 Å². The minimum absolute atomic E-state index is 0.154. The molecule has 1 amide bonds. The number of benzene rings is 1. The summed E-state index contributed by atoms with van der Waals surface area (Å²) in [6.07, 6.45) is -1.90. The highest BCUT2D eigenvalue weighted by molar-refractivity contribution is 8.18. The number of hydrogen-bond donors (Lipinski definition) is 1. The Labute approximate surface area is 269 Å². The third kappa shape index (κ3) is 6.13. The predicted octanol–water partition coefficient (Wildman–Crippen LogP) is 6.23. The molecular formula is C29H33ClF3N7O3S2. The van der Waals surface area contributed by atoms with Crippen molar-refractivity contribution in [3.05, 3.63) is 57.0 Å². The van der Waals surface area contributed by atoms with E-state index in [1.165, 1.54) is 28.2 Å². The van der Waals surface area contributed by atoms with Crippen LogP contribution in [0.1, 0.15) is 46.2 Å². The van der Waals surface area contributed by atoms with Crippen molar-refractivity contribution in [1.82, 2.24) is 29.4 Å². The lowest BCUT2D eigenvalue weighted by atomic mass is 10.1. The molecule has 4 aromatic rings. The SMILES string of the molecule is C[C@@H]1CN(c2nc(=O)n3c4c(cc(C(F)(F)F)cc24)[SH](c2cc(Cl)cs2)C[C@@H](n2ccnn2)C3)C[C@H](C)N1C(=O)OC(C)(C)C. The number of piperazine rings is 1. The lowest BCUT2D eigenvalue weighted by Gasteiger charge is -2.45. The normalized spacial score (nSPS) is 23.3. The summed E-state index contributed by atoms with van der Waals surface area (Å²) in [4.78, 5) is 35.2. The van der Waals surface area contributed by atoms with Gasteiger partial charge in [-0.3, -0.25) is 9.47 Å². The number of ether oxygens (including phenoxy) is 1. The lowest BCUT2D eigenvalue weighted by Crippen LogP contribution is -2.59. The van der Waals surface area contributed by atoms with E-state index in [1.807, 2.05) is 18.7 Å². The number of alkyl halides is 3. The molecule has 1 aromatic carbocycles. The summed E-state index contributed by atoms with van der Waals surface area (Å²) in [6.45, 7) is 9.71. The zero-order valence-corrected chi connectivity index (χ0v) is 27.7. The van der Waals surface area contributed by atoms with Gasteiger partial charge in [0.2, 0.25) is 0 Å². The quantitative estimate of drug-likeness (QED) is 0.256. The molecule has 1 fully saturated rings. The zero-order valence-electron chi connectivity index (χ0n) is 25.2. The van der Waals surface area contributed by atoms with Gasteiger partial charge in [-0.15, -0.1) is 16.4 Å². The Morgan fingerprint density at radius 2 is 1.82 bits per heavy atom. The molecule has 0 aliphatic carbocycles. The summed E-state index contributed by atoms with van der Waals surface area (Å²) in [5.41, 5.74) is -1.66. The molecule has 0 saturated carbocycles. The Morgan fingerprint density at radius 3 is 2.40 bits per heavy atom. The number of aromatic nitrogens is 5. The van der Waals surface area contributed by atoms with Crippen LogP contribution in [0.4, 0.5) is 23.8 Å². The number of thiol groups is 1. The Morgan fingerprint density at radius 1 is 1.11 bits per heavy atom. The van der Waals surface area contributed by atoms with Crippen molar-refractivity contribution < 1.29 is 22.7 Å². The molecule has 0 bridgehead atoms. The molecule has 0 spiro atoms. The van der Waals surface area contributed by atoms with Crippen molar-refractivity contribution in [3.63, 3.8) is 0 Å². The topological polar surface area (TPSA) is 98.4 Å². The third-order valence-electron chi connectivity index (χ3n) is 7.90. The van der Waals surface area contributed by atoms with Crippen LogP contribution in [0.3, 0.4) is 0 Å². The summed E-state index contributed by atoms with van der Waals surface area (Å²) < 4.78 is 53.2. The summed E-state index contributed by atoms with van der Waals surface area (Å²) >= 11 is 7.70. The number of nitrogens with zero attached hydrogens (tertiary/aromatic N) is 7. The minimum atomic E-state index is -4.65. The molecule has 16 heteroatoms. The largest absolute Gasteiger partial charge is 0.444 e. The smallest absolute Gasteiger partial charge is 0.416 e. The molecule has 0 radical (unpaired) electrons. The van der Waals surface area contributed by atoms with Gasteiger partial charge < -0.3 is 9.64 Å². The van der Waals surface area contributed by atoms with E-state index in [2.05, 4.69) is 15.3 Å². The van der Waals surface area contributed by atoms with Crippen LogP contribution in [0, 0.1) is 0 Å². The third-order valence-corrected chi connectivity index (χ3v) is 12.3. The number of thiophene rings is 1. The summed E-state index contributed by atoms with van der Waals surface area (Å²) in [7, 11) is -1.40. The number of rotatable bonds is 3. The first-order valence-electron chi connectivity index (χ1n) is 14.4. The summed E-state index contributed by atoms with van der Waals surface area (Å²) in [6, 6.07) is 2.95. The summed E-state index contributed by atoms with van der Waals surface area (Å²) in [5.74, 6) is 0.588. The molecule has 2 aliphatic rings. The summed E-state index contributed by atoms with van der Waals surface area (Å²) in [5, 5.41) is 10.6. The van der Waals surface area contributed by atoms with Crippen molar-refractivity contribution in [1.29, 1.82) is 0 Å². The van der Waals surface area contributed by atoms with Crippen molar-refractivity contribution in [3.8, 4) is 0 Å². The van der Waals surface area contributed by atoms with Crippen LogP contribution in [0.2, 0.25) is 5.02 Å². The molecular weight excluding hydrogens is 651 g/mol. The van der Waals surface area contributed by atoms with Crippen LogP contribution >= 0.6 is 33.8 Å². The molecule has 10 nitrogen and oxygen atoms in total. The molecule has 6 rings (SSSR count). The van der Waals surface area contributed by atoms with E-state index in [-0.39, 0.29) is 49.0 Å². The standard InChI is InChI=1S/C29H33ClF3N7O3S2/c1-16-11-37(12-17(2)40(16)27(42)43-28(3,4)5)25-21-8-18(29(31,32)33)9-22-24(21)38(26(41)35-25)13-20(39-7-6-34-36-39)15-45(22)23-10-19(30)14-44-23/h6-10,14,16-17,20,45H,11-13,15H2,1-5H3/t16-,17+,20-/m0/s1. The molecule has 1 saturated heterocycles. The first-order valence-corrected chi connectivity index (χ1v) is 17.2. The number of anilines is 1. The molecule has 3 aromatic heterocycles. The zero-order chi connectivity index (χ0) is 32.4. The number of carbonyl (C=O) groups is 1. The average Bonchev–Trinajstić information content (AvgIpc) is 3.58. The molecule has 242 valence electrons. The van der Waals surface area contributed by atoms with Crippen LogP contribution in [-0.4, -0.2) is 72.1 Å². The van der Waals surface area contributed by atoms with E-state index < -0.39 is 40.0 Å². The highest BCUT2D eigenvalue weighted by Crippen LogP contribution is 2.55. The maximum Gasteiger partial charge on any atom is 0.416 e. The van der Waals surface area contributed by atoms with Gasteiger partial charge in [-0.1, -0.05) is 16.8 Å². The van der Waals surface area contributed by atoms with E-state index in [0.29, 0.717) is 21.2 Å². The monoisotopic (exact) mass is 683 g/mol. The van der Waals surface area contributed by atoms with Crippen LogP contribution in [-0.2, 0) is 17.5 Å². The maximum absolute atomic E-state index is 14.5. The van der Waals surface area contributed by atoms with Crippen molar-refractivity contribution in [2.24, 2.45) is 0 Å². The van der Waals surface area contributed by atoms with E-state index in [0.717, 1.165) is 10.3 Å². The van der Waals surface area contributed by atoms with Gasteiger partial charge in [0.25, 0.3) is 0 Å². The average molecular weight is 684 g/mol. The molecule has 45 heavy (non-hydrogen) atoms. The molecule has 2 aliphatic heterocycles. The van der Waals surface area contributed by atoms with Gasteiger partial charge in [-0.25, -0.2) is 14.3 Å². The molecule has 5 heterocycles. The Bertz CT molecular complexity index is 1790. The van der Waals surface area contributed by atoms with Crippen LogP contribution in [0.5, 0.6) is 0 Å². The predicted molar refractivity (Wildman–Crippen MR) is 169 cm³/mol. The maximum atomic E-state index is 14.5. The minimum Gasteiger partial charge on any atom is -0.444 e. The first kappa shape index (κ1) is 31.7. The second-order valence-corrected chi connectivity index (χ2v) is 16.3.